The molecule has 21 heavy (non-hydrogen) atoms. The second-order valence-electron chi connectivity index (χ2n) is 5.38. The summed E-state index contributed by atoms with van der Waals surface area (Å²) in [5, 5.41) is 3.31. The minimum absolute atomic E-state index is 0.0408. The lowest BCUT2D eigenvalue weighted by Crippen LogP contribution is -2.36. The van der Waals surface area contributed by atoms with Gasteiger partial charge in [0.25, 0.3) is 0 Å². The summed E-state index contributed by atoms with van der Waals surface area (Å²) in [5.74, 6) is 0. The molecular formula is C14H25BrN2O2S2. The van der Waals surface area contributed by atoms with Gasteiger partial charge in [-0.25, -0.2) is 8.42 Å². The fraction of sp³-hybridized carbons (Fsp3) is 0.714. The molecule has 0 saturated heterocycles. The molecule has 0 aromatic carbocycles. The molecule has 0 fully saturated rings. The van der Waals surface area contributed by atoms with Crippen LogP contribution in [-0.4, -0.2) is 31.9 Å². The summed E-state index contributed by atoms with van der Waals surface area (Å²) in [6.07, 6.45) is 1.63. The first kappa shape index (κ1) is 19.1. The van der Waals surface area contributed by atoms with Gasteiger partial charge in [-0.1, -0.05) is 27.7 Å². The molecule has 0 saturated carbocycles. The molecule has 7 heteroatoms. The average Bonchev–Trinajstić information content (AvgIpc) is 2.79. The molecule has 1 N–H and O–H groups in total. The molecule has 1 heterocycles. The van der Waals surface area contributed by atoms with E-state index in [4.69, 9.17) is 0 Å². The van der Waals surface area contributed by atoms with Crippen molar-refractivity contribution in [2.45, 2.75) is 64.1 Å². The fourth-order valence-corrected chi connectivity index (χ4v) is 6.20. The highest BCUT2D eigenvalue weighted by molar-refractivity contribution is 9.11. The van der Waals surface area contributed by atoms with Gasteiger partial charge in [-0.3, -0.25) is 0 Å². The van der Waals surface area contributed by atoms with Gasteiger partial charge in [0.2, 0.25) is 10.0 Å². The van der Waals surface area contributed by atoms with Crippen molar-refractivity contribution in [2.75, 3.05) is 7.05 Å². The van der Waals surface area contributed by atoms with E-state index in [-0.39, 0.29) is 6.04 Å². The first-order chi connectivity index (χ1) is 9.73. The van der Waals surface area contributed by atoms with Crippen molar-refractivity contribution < 1.29 is 8.42 Å². The lowest BCUT2D eigenvalue weighted by molar-refractivity contribution is 0.349. The average molecular weight is 397 g/mol. The lowest BCUT2D eigenvalue weighted by Gasteiger charge is -2.25. The Morgan fingerprint density at radius 1 is 1.33 bits per heavy atom. The Morgan fingerprint density at radius 3 is 2.38 bits per heavy atom. The fourth-order valence-electron chi connectivity index (χ4n) is 2.12. The van der Waals surface area contributed by atoms with Gasteiger partial charge in [-0.05, 0) is 34.8 Å². The molecular weight excluding hydrogens is 372 g/mol. The highest BCUT2D eigenvalue weighted by atomic mass is 79.9. The zero-order chi connectivity index (χ0) is 16.2. The van der Waals surface area contributed by atoms with Gasteiger partial charge in [0.1, 0.15) is 4.90 Å². The van der Waals surface area contributed by atoms with E-state index in [0.29, 0.717) is 21.3 Å². The molecule has 1 rings (SSSR count). The molecule has 0 bridgehead atoms. The van der Waals surface area contributed by atoms with Crippen LogP contribution in [0.3, 0.4) is 0 Å². The molecule has 0 aliphatic heterocycles. The standard InChI is InChI=1S/C14H25BrN2O2S2/c1-6-11(7-2)17(5)21(18,19)13-8-12(20-14(13)15)9-16-10(3)4/h8,10-11,16H,6-7,9H2,1-5H3. The smallest absolute Gasteiger partial charge is 0.245 e. The summed E-state index contributed by atoms with van der Waals surface area (Å²) in [6.45, 7) is 8.86. The van der Waals surface area contributed by atoms with Crippen LogP contribution in [0.1, 0.15) is 45.4 Å². The van der Waals surface area contributed by atoms with Gasteiger partial charge < -0.3 is 5.32 Å². The van der Waals surface area contributed by atoms with Crippen molar-refractivity contribution in [3.63, 3.8) is 0 Å². The maximum Gasteiger partial charge on any atom is 0.245 e. The summed E-state index contributed by atoms with van der Waals surface area (Å²) in [4.78, 5) is 1.40. The third kappa shape index (κ3) is 4.76. The number of rotatable bonds is 8. The predicted molar refractivity (Wildman–Crippen MR) is 93.3 cm³/mol. The van der Waals surface area contributed by atoms with Crippen LogP contribution in [0.4, 0.5) is 0 Å². The summed E-state index contributed by atoms with van der Waals surface area (Å²) in [7, 11) is -1.77. The zero-order valence-electron chi connectivity index (χ0n) is 13.3. The third-order valence-electron chi connectivity index (χ3n) is 3.50. The number of sulfonamides is 1. The van der Waals surface area contributed by atoms with Crippen molar-refractivity contribution >= 4 is 37.3 Å². The summed E-state index contributed by atoms with van der Waals surface area (Å²) in [6, 6.07) is 2.19. The van der Waals surface area contributed by atoms with Crippen LogP contribution >= 0.6 is 27.3 Å². The maximum absolute atomic E-state index is 12.7. The van der Waals surface area contributed by atoms with Crippen molar-refractivity contribution in [2.24, 2.45) is 0 Å². The molecule has 122 valence electrons. The minimum Gasteiger partial charge on any atom is -0.310 e. The normalized spacial score (nSPS) is 12.8. The lowest BCUT2D eigenvalue weighted by atomic mass is 10.2. The van der Waals surface area contributed by atoms with Crippen LogP contribution in [0.2, 0.25) is 0 Å². The van der Waals surface area contributed by atoms with Gasteiger partial charge in [0.15, 0.2) is 0 Å². The van der Waals surface area contributed by atoms with Gasteiger partial charge in [-0.2, -0.15) is 4.31 Å². The van der Waals surface area contributed by atoms with Gasteiger partial charge >= 0.3 is 0 Å². The van der Waals surface area contributed by atoms with E-state index in [9.17, 15) is 8.42 Å². The molecule has 0 aliphatic carbocycles. The topological polar surface area (TPSA) is 49.4 Å². The third-order valence-corrected chi connectivity index (χ3v) is 7.67. The number of halogens is 1. The quantitative estimate of drug-likeness (QED) is 0.726. The summed E-state index contributed by atoms with van der Waals surface area (Å²) in [5.41, 5.74) is 0. The number of hydrogen-bond acceptors (Lipinski definition) is 4. The van der Waals surface area contributed by atoms with E-state index in [1.807, 2.05) is 13.8 Å². The van der Waals surface area contributed by atoms with Gasteiger partial charge in [-0.15, -0.1) is 11.3 Å². The van der Waals surface area contributed by atoms with E-state index >= 15 is 0 Å². The molecule has 1 aromatic rings. The van der Waals surface area contributed by atoms with Crippen LogP contribution in [-0.2, 0) is 16.6 Å². The molecule has 0 aliphatic rings. The molecule has 0 spiro atoms. The second-order valence-corrected chi connectivity index (χ2v) is 9.80. The highest BCUT2D eigenvalue weighted by Gasteiger charge is 2.29. The van der Waals surface area contributed by atoms with Crippen LogP contribution in [0.5, 0.6) is 0 Å². The van der Waals surface area contributed by atoms with Crippen LogP contribution in [0.25, 0.3) is 0 Å². The maximum atomic E-state index is 12.7. The summed E-state index contributed by atoms with van der Waals surface area (Å²) < 4.78 is 27.7. The van der Waals surface area contributed by atoms with E-state index in [0.717, 1.165) is 17.7 Å². The Hall–Kier alpha value is 0.0500. The van der Waals surface area contributed by atoms with E-state index in [1.165, 1.54) is 15.6 Å². The molecule has 1 aromatic heterocycles. The Labute approximate surface area is 141 Å². The van der Waals surface area contributed by atoms with Gasteiger partial charge in [0, 0.05) is 30.6 Å². The number of thiophene rings is 1. The Balaban J connectivity index is 3.03. The molecule has 4 nitrogen and oxygen atoms in total. The molecule has 0 unspecified atom stereocenters. The Morgan fingerprint density at radius 2 is 1.90 bits per heavy atom. The number of hydrogen-bond donors (Lipinski definition) is 1. The number of nitrogens with one attached hydrogen (secondary N) is 1. The first-order valence-electron chi connectivity index (χ1n) is 7.23. The SMILES string of the molecule is CCC(CC)N(C)S(=O)(=O)c1cc(CNC(C)C)sc1Br. The highest BCUT2D eigenvalue weighted by Crippen LogP contribution is 2.34. The second kappa shape index (κ2) is 8.06. The number of nitrogens with zero attached hydrogens (tertiary/aromatic N) is 1. The molecule has 0 radical (unpaired) electrons. The molecule has 0 atom stereocenters. The van der Waals surface area contributed by atoms with Crippen LogP contribution in [0.15, 0.2) is 14.7 Å². The first-order valence-corrected chi connectivity index (χ1v) is 10.3. The monoisotopic (exact) mass is 396 g/mol. The predicted octanol–water partition coefficient (Wildman–Crippen LogP) is 3.82. The summed E-state index contributed by atoms with van der Waals surface area (Å²) >= 11 is 4.88. The van der Waals surface area contributed by atoms with Crippen LogP contribution < -0.4 is 5.32 Å². The van der Waals surface area contributed by atoms with Crippen molar-refractivity contribution in [1.82, 2.24) is 9.62 Å². The van der Waals surface area contributed by atoms with Crippen molar-refractivity contribution in [3.05, 3.63) is 14.7 Å². The molecule has 0 amide bonds. The van der Waals surface area contributed by atoms with E-state index in [1.54, 1.807) is 13.1 Å². The van der Waals surface area contributed by atoms with E-state index < -0.39 is 10.0 Å². The minimum atomic E-state index is -3.44. The van der Waals surface area contributed by atoms with Crippen LogP contribution in [0, 0.1) is 0 Å². The zero-order valence-corrected chi connectivity index (χ0v) is 16.5. The van der Waals surface area contributed by atoms with E-state index in [2.05, 4.69) is 35.1 Å². The Kier molecular flexibility index (Phi) is 7.33. The Bertz CT molecular complexity index is 551. The van der Waals surface area contributed by atoms with Crippen molar-refractivity contribution in [3.8, 4) is 0 Å². The van der Waals surface area contributed by atoms with Crippen molar-refractivity contribution in [1.29, 1.82) is 0 Å². The van der Waals surface area contributed by atoms with Gasteiger partial charge in [0.05, 0.1) is 3.79 Å². The largest absolute Gasteiger partial charge is 0.310 e.